The van der Waals surface area contributed by atoms with Crippen molar-refractivity contribution in [3.63, 3.8) is 0 Å². The summed E-state index contributed by atoms with van der Waals surface area (Å²) in [5, 5.41) is 3.34. The van der Waals surface area contributed by atoms with E-state index in [0.717, 1.165) is 37.1 Å². The third-order valence-electron chi connectivity index (χ3n) is 5.21. The van der Waals surface area contributed by atoms with Gasteiger partial charge in [-0.15, -0.1) is 0 Å². The van der Waals surface area contributed by atoms with Crippen LogP contribution < -0.4 is 10.2 Å². The van der Waals surface area contributed by atoms with E-state index in [9.17, 15) is 13.2 Å². The van der Waals surface area contributed by atoms with Gasteiger partial charge in [0.1, 0.15) is 0 Å². The number of piperidine rings is 1. The second-order valence-corrected chi connectivity index (χ2v) is 7.29. The molecule has 0 radical (unpaired) electrons. The molecule has 5 heteroatoms. The van der Waals surface area contributed by atoms with Gasteiger partial charge in [-0.05, 0) is 48.9 Å². The standard InChI is InChI=1S/C18H25F3N2/c1-11(2)4-5-12-8-13-14-10-22-7-6-16(14)23(3)17(13)15(9-12)18(19,20)21/h8-9,11,14,16,22H,4-7,10H2,1-3H3/t14-,16-/m1/s1. The van der Waals surface area contributed by atoms with Gasteiger partial charge in [-0.2, -0.15) is 13.2 Å². The van der Waals surface area contributed by atoms with Crippen LogP contribution in [-0.2, 0) is 12.6 Å². The molecule has 0 saturated carbocycles. The molecule has 3 rings (SSSR count). The molecule has 2 nitrogen and oxygen atoms in total. The summed E-state index contributed by atoms with van der Waals surface area (Å²) >= 11 is 0. The number of hydrogen-bond acceptors (Lipinski definition) is 2. The molecule has 0 unspecified atom stereocenters. The number of benzene rings is 1. The van der Waals surface area contributed by atoms with Gasteiger partial charge in [0.2, 0.25) is 0 Å². The van der Waals surface area contributed by atoms with Gasteiger partial charge in [-0.1, -0.05) is 19.9 Å². The molecule has 0 aromatic heterocycles. The first-order valence-corrected chi connectivity index (χ1v) is 8.46. The minimum absolute atomic E-state index is 0.170. The van der Waals surface area contributed by atoms with E-state index in [1.54, 1.807) is 0 Å². The molecule has 2 heterocycles. The fourth-order valence-electron chi connectivity index (χ4n) is 4.00. The topological polar surface area (TPSA) is 15.3 Å². The fraction of sp³-hybridized carbons (Fsp3) is 0.667. The van der Waals surface area contributed by atoms with E-state index in [0.29, 0.717) is 18.0 Å². The van der Waals surface area contributed by atoms with Crippen molar-refractivity contribution < 1.29 is 13.2 Å². The monoisotopic (exact) mass is 326 g/mol. The molecule has 0 aliphatic carbocycles. The van der Waals surface area contributed by atoms with Gasteiger partial charge in [-0.3, -0.25) is 0 Å². The van der Waals surface area contributed by atoms with Gasteiger partial charge in [-0.25, -0.2) is 0 Å². The summed E-state index contributed by atoms with van der Waals surface area (Å²) < 4.78 is 40.9. The molecule has 2 atom stereocenters. The van der Waals surface area contributed by atoms with Gasteiger partial charge in [0, 0.05) is 25.6 Å². The SMILES string of the molecule is CC(C)CCc1cc2c(c(C(F)(F)F)c1)N(C)[C@@H]1CCNC[C@H]21. The van der Waals surface area contributed by atoms with E-state index >= 15 is 0 Å². The molecule has 1 aromatic carbocycles. The van der Waals surface area contributed by atoms with E-state index in [1.807, 2.05) is 18.0 Å². The predicted octanol–water partition coefficient (Wildman–Crippen LogP) is 4.19. The molecular weight excluding hydrogens is 301 g/mol. The van der Waals surface area contributed by atoms with Crippen LogP contribution in [0.25, 0.3) is 0 Å². The molecular formula is C18H25F3N2. The first kappa shape index (κ1) is 16.6. The Balaban J connectivity index is 2.06. The summed E-state index contributed by atoms with van der Waals surface area (Å²) in [7, 11) is 1.82. The van der Waals surface area contributed by atoms with Gasteiger partial charge in [0.05, 0.1) is 11.3 Å². The number of anilines is 1. The van der Waals surface area contributed by atoms with E-state index in [4.69, 9.17) is 0 Å². The highest BCUT2D eigenvalue weighted by Crippen LogP contribution is 2.49. The van der Waals surface area contributed by atoms with Crippen LogP contribution in [0.4, 0.5) is 18.9 Å². The van der Waals surface area contributed by atoms with Crippen LogP contribution >= 0.6 is 0 Å². The second-order valence-electron chi connectivity index (χ2n) is 7.29. The number of rotatable bonds is 3. The van der Waals surface area contributed by atoms with Crippen molar-refractivity contribution in [2.75, 3.05) is 25.0 Å². The van der Waals surface area contributed by atoms with Crippen LogP contribution in [0.1, 0.15) is 49.3 Å². The zero-order valence-corrected chi connectivity index (χ0v) is 14.0. The Morgan fingerprint density at radius 2 is 2.04 bits per heavy atom. The van der Waals surface area contributed by atoms with Crippen molar-refractivity contribution in [2.45, 2.75) is 51.2 Å². The van der Waals surface area contributed by atoms with Crippen LogP contribution in [0.2, 0.25) is 0 Å². The molecule has 128 valence electrons. The Labute approximate surface area is 136 Å². The summed E-state index contributed by atoms with van der Waals surface area (Å²) in [5.41, 5.74) is 1.66. The average molecular weight is 326 g/mol. The van der Waals surface area contributed by atoms with Crippen LogP contribution in [0.15, 0.2) is 12.1 Å². The quantitative estimate of drug-likeness (QED) is 0.896. The fourth-order valence-corrected chi connectivity index (χ4v) is 4.00. The van der Waals surface area contributed by atoms with E-state index < -0.39 is 11.7 Å². The highest BCUT2D eigenvalue weighted by molar-refractivity contribution is 5.68. The van der Waals surface area contributed by atoms with E-state index in [-0.39, 0.29) is 12.0 Å². The lowest BCUT2D eigenvalue weighted by Gasteiger charge is -2.31. The highest BCUT2D eigenvalue weighted by Gasteiger charge is 2.44. The summed E-state index contributed by atoms with van der Waals surface area (Å²) in [6, 6.07) is 3.59. The van der Waals surface area contributed by atoms with E-state index in [1.165, 1.54) is 6.07 Å². The average Bonchev–Trinajstić information content (AvgIpc) is 2.77. The number of alkyl halides is 3. The van der Waals surface area contributed by atoms with Crippen molar-refractivity contribution in [3.8, 4) is 0 Å². The largest absolute Gasteiger partial charge is 0.418 e. The molecule has 0 amide bonds. The minimum Gasteiger partial charge on any atom is -0.370 e. The molecule has 2 aliphatic rings. The lowest BCUT2D eigenvalue weighted by molar-refractivity contribution is -0.137. The molecule has 1 saturated heterocycles. The summed E-state index contributed by atoms with van der Waals surface area (Å²) in [5.74, 6) is 0.660. The summed E-state index contributed by atoms with van der Waals surface area (Å²) in [6.45, 7) is 5.85. The lowest BCUT2D eigenvalue weighted by atomic mass is 9.88. The third kappa shape index (κ3) is 3.08. The zero-order chi connectivity index (χ0) is 16.8. The molecule has 1 N–H and O–H groups in total. The molecule has 23 heavy (non-hydrogen) atoms. The van der Waals surface area contributed by atoms with Crippen molar-refractivity contribution in [1.82, 2.24) is 5.32 Å². The Morgan fingerprint density at radius 1 is 1.30 bits per heavy atom. The number of nitrogens with one attached hydrogen (secondary N) is 1. The van der Waals surface area contributed by atoms with E-state index in [2.05, 4.69) is 19.2 Å². The van der Waals surface area contributed by atoms with Crippen LogP contribution in [0.5, 0.6) is 0 Å². The van der Waals surface area contributed by atoms with Crippen molar-refractivity contribution in [2.24, 2.45) is 5.92 Å². The summed E-state index contributed by atoms with van der Waals surface area (Å²) in [4.78, 5) is 1.87. The van der Waals surface area contributed by atoms with Gasteiger partial charge in [0.15, 0.2) is 0 Å². The van der Waals surface area contributed by atoms with Crippen LogP contribution in [0.3, 0.4) is 0 Å². The molecule has 0 spiro atoms. The smallest absolute Gasteiger partial charge is 0.370 e. The van der Waals surface area contributed by atoms with Gasteiger partial charge >= 0.3 is 6.18 Å². The van der Waals surface area contributed by atoms with Gasteiger partial charge < -0.3 is 10.2 Å². The third-order valence-corrected chi connectivity index (χ3v) is 5.21. The Kier molecular flexibility index (Phi) is 4.34. The molecule has 0 bridgehead atoms. The number of fused-ring (bicyclic) bond motifs is 3. The lowest BCUT2D eigenvalue weighted by Crippen LogP contribution is -2.42. The second kappa shape index (κ2) is 6.00. The maximum absolute atomic E-state index is 13.6. The number of nitrogens with zero attached hydrogens (tertiary/aromatic N) is 1. The van der Waals surface area contributed by atoms with Crippen LogP contribution in [0, 0.1) is 5.92 Å². The predicted molar refractivity (Wildman–Crippen MR) is 87.0 cm³/mol. The van der Waals surface area contributed by atoms with Crippen molar-refractivity contribution >= 4 is 5.69 Å². The number of likely N-dealkylation sites (N-methyl/N-ethyl adjacent to an activating group) is 1. The minimum atomic E-state index is -4.30. The number of aryl methyl sites for hydroxylation is 1. The molecule has 2 aliphatic heterocycles. The zero-order valence-electron chi connectivity index (χ0n) is 14.0. The van der Waals surface area contributed by atoms with Crippen molar-refractivity contribution in [1.29, 1.82) is 0 Å². The van der Waals surface area contributed by atoms with Gasteiger partial charge in [0.25, 0.3) is 0 Å². The summed E-state index contributed by atoms with van der Waals surface area (Å²) in [6.07, 6.45) is -1.78. The Bertz CT molecular complexity index is 580. The maximum Gasteiger partial charge on any atom is 0.418 e. The maximum atomic E-state index is 13.6. The number of hydrogen-bond donors (Lipinski definition) is 1. The Morgan fingerprint density at radius 3 is 2.70 bits per heavy atom. The first-order valence-electron chi connectivity index (χ1n) is 8.46. The normalized spacial score (nSPS) is 24.0. The van der Waals surface area contributed by atoms with Crippen molar-refractivity contribution in [3.05, 3.63) is 28.8 Å². The number of halogens is 3. The van der Waals surface area contributed by atoms with Crippen LogP contribution in [-0.4, -0.2) is 26.2 Å². The molecule has 1 fully saturated rings. The first-order chi connectivity index (χ1) is 10.8. The molecule has 1 aromatic rings. The highest BCUT2D eigenvalue weighted by atomic mass is 19.4. The Hall–Kier alpha value is -1.23.